The van der Waals surface area contributed by atoms with Gasteiger partial charge in [0.25, 0.3) is 0 Å². The van der Waals surface area contributed by atoms with Gasteiger partial charge in [-0.25, -0.2) is 9.78 Å². The predicted molar refractivity (Wildman–Crippen MR) is 77.1 cm³/mol. The van der Waals surface area contributed by atoms with E-state index in [-0.39, 0.29) is 25.2 Å². The average molecular weight is 375 g/mol. The molecule has 20 heavy (non-hydrogen) atoms. The van der Waals surface area contributed by atoms with Crippen molar-refractivity contribution in [2.75, 3.05) is 4.31 Å². The topological polar surface area (TPSA) is 108 Å². The highest BCUT2D eigenvalue weighted by Crippen LogP contribution is 2.42. The molecule has 0 aliphatic rings. The van der Waals surface area contributed by atoms with E-state index in [0.29, 0.717) is 4.31 Å². The number of hydrogen-bond acceptors (Lipinski definition) is 6. The third-order valence-corrected chi connectivity index (χ3v) is 5.69. The number of rotatable bonds is 4. The Bertz CT molecular complexity index is 749. The molecule has 0 amide bonds. The first-order valence-electron chi connectivity index (χ1n) is 4.61. The van der Waals surface area contributed by atoms with E-state index < -0.39 is 16.3 Å². The van der Waals surface area contributed by atoms with E-state index in [1.54, 1.807) is 0 Å². The fourth-order valence-electron chi connectivity index (χ4n) is 1.20. The molecule has 0 saturated heterocycles. The summed E-state index contributed by atoms with van der Waals surface area (Å²) in [6.45, 7) is 0. The lowest BCUT2D eigenvalue weighted by Crippen LogP contribution is -2.24. The van der Waals surface area contributed by atoms with Crippen molar-refractivity contribution in [3.63, 3.8) is 0 Å². The van der Waals surface area contributed by atoms with Crippen LogP contribution in [-0.4, -0.2) is 29.0 Å². The lowest BCUT2D eigenvalue weighted by molar-refractivity contribution is 0.0691. The van der Waals surface area contributed by atoms with Gasteiger partial charge in [-0.05, 0) is 6.07 Å². The molecular weight excluding hydrogens is 371 g/mol. The van der Waals surface area contributed by atoms with E-state index in [2.05, 4.69) is 4.98 Å². The second-order valence-corrected chi connectivity index (χ2v) is 7.41. The van der Waals surface area contributed by atoms with Crippen molar-refractivity contribution in [1.82, 2.24) is 4.98 Å². The maximum Gasteiger partial charge on any atom is 0.366 e. The van der Waals surface area contributed by atoms with Gasteiger partial charge in [0.1, 0.15) is 9.34 Å². The summed E-state index contributed by atoms with van der Waals surface area (Å²) in [6.07, 6.45) is 0. The van der Waals surface area contributed by atoms with Gasteiger partial charge in [0, 0.05) is 5.38 Å². The molecule has 0 unspecified atom stereocenters. The Kier molecular flexibility index (Phi) is 4.23. The van der Waals surface area contributed by atoms with Gasteiger partial charge in [0.2, 0.25) is 5.13 Å². The van der Waals surface area contributed by atoms with Crippen LogP contribution in [0.25, 0.3) is 0 Å². The summed E-state index contributed by atoms with van der Waals surface area (Å²) in [6, 6.07) is 1.23. The Morgan fingerprint density at radius 1 is 1.40 bits per heavy atom. The number of anilines is 2. The second kappa shape index (κ2) is 5.47. The summed E-state index contributed by atoms with van der Waals surface area (Å²) in [7, 11) is -4.71. The highest BCUT2D eigenvalue weighted by atomic mass is 35.5. The van der Waals surface area contributed by atoms with Gasteiger partial charge in [0.15, 0.2) is 5.69 Å². The Hall–Kier alpha value is -0.910. The molecule has 12 heteroatoms. The number of carbonyl (C=O) groups is 1. The summed E-state index contributed by atoms with van der Waals surface area (Å²) in [5, 5.41) is 9.79. The minimum atomic E-state index is -4.71. The zero-order valence-corrected chi connectivity index (χ0v) is 13.1. The number of aromatic nitrogens is 1. The number of halogens is 2. The number of nitrogens with zero attached hydrogens (tertiary/aromatic N) is 2. The van der Waals surface area contributed by atoms with Gasteiger partial charge in [-0.15, -0.1) is 22.7 Å². The molecule has 2 heterocycles. The van der Waals surface area contributed by atoms with E-state index in [1.165, 1.54) is 6.07 Å². The molecule has 0 fully saturated rings. The molecule has 0 saturated carbocycles. The van der Waals surface area contributed by atoms with Gasteiger partial charge in [-0.1, -0.05) is 23.2 Å². The summed E-state index contributed by atoms with van der Waals surface area (Å²) in [4.78, 5) is 14.4. The fraction of sp³-hybridized carbons (Fsp3) is 0. The SMILES string of the molecule is O=C(O)c1csc(N(c2cc(Cl)c(Cl)s2)S(=O)(=O)O)n1. The Morgan fingerprint density at radius 3 is 2.45 bits per heavy atom. The molecule has 0 aliphatic heterocycles. The fourth-order valence-corrected chi connectivity index (χ4v) is 4.56. The molecule has 0 radical (unpaired) electrons. The molecule has 0 spiro atoms. The Balaban J connectivity index is 2.56. The van der Waals surface area contributed by atoms with Crippen molar-refractivity contribution >= 4 is 72.3 Å². The van der Waals surface area contributed by atoms with Crippen molar-refractivity contribution in [1.29, 1.82) is 0 Å². The number of aromatic carboxylic acids is 1. The number of hydrogen-bond donors (Lipinski definition) is 2. The molecule has 2 N–H and O–H groups in total. The average Bonchev–Trinajstić information content (AvgIpc) is 2.86. The number of thiazole rings is 1. The summed E-state index contributed by atoms with van der Waals surface area (Å²) in [5.74, 6) is -1.31. The first-order valence-corrected chi connectivity index (χ1v) is 8.46. The zero-order chi connectivity index (χ0) is 15.1. The smallest absolute Gasteiger partial charge is 0.366 e. The standard InChI is InChI=1S/C8H4Cl2N2O5S3/c9-3-1-5(19-6(3)10)12(20(15,16)17)8-11-4(2-18-8)7(13)14/h1-2H,(H,13,14)(H,15,16,17). The van der Waals surface area contributed by atoms with Crippen LogP contribution in [0.15, 0.2) is 11.4 Å². The van der Waals surface area contributed by atoms with Gasteiger partial charge >= 0.3 is 16.3 Å². The van der Waals surface area contributed by atoms with E-state index in [1.807, 2.05) is 0 Å². The first kappa shape index (κ1) is 15.5. The van der Waals surface area contributed by atoms with Gasteiger partial charge in [-0.2, -0.15) is 12.7 Å². The maximum atomic E-state index is 11.5. The molecule has 0 atom stereocenters. The van der Waals surface area contributed by atoms with Crippen LogP contribution in [0.3, 0.4) is 0 Å². The Morgan fingerprint density at radius 2 is 2.05 bits per heavy atom. The van der Waals surface area contributed by atoms with Crippen molar-refractivity contribution in [2.45, 2.75) is 0 Å². The van der Waals surface area contributed by atoms with Crippen molar-refractivity contribution in [3.05, 3.63) is 26.5 Å². The predicted octanol–water partition coefficient (Wildman–Crippen LogP) is 3.15. The lowest BCUT2D eigenvalue weighted by atomic mass is 10.5. The van der Waals surface area contributed by atoms with Crippen LogP contribution in [0.4, 0.5) is 10.1 Å². The zero-order valence-electron chi connectivity index (χ0n) is 9.15. The number of carboxylic acids is 1. The summed E-state index contributed by atoms with van der Waals surface area (Å²) < 4.78 is 32.8. The minimum Gasteiger partial charge on any atom is -0.476 e. The molecule has 7 nitrogen and oxygen atoms in total. The van der Waals surface area contributed by atoms with E-state index >= 15 is 0 Å². The second-order valence-electron chi connectivity index (χ2n) is 3.27. The molecule has 0 aromatic carbocycles. The number of thiophene rings is 1. The number of carboxylic acid groups (broad SMARTS) is 1. The molecule has 2 aromatic heterocycles. The van der Waals surface area contributed by atoms with Crippen LogP contribution in [0.1, 0.15) is 10.5 Å². The van der Waals surface area contributed by atoms with Crippen LogP contribution in [0.2, 0.25) is 9.36 Å². The van der Waals surface area contributed by atoms with Crippen molar-refractivity contribution < 1.29 is 22.9 Å². The van der Waals surface area contributed by atoms with Crippen LogP contribution in [-0.2, 0) is 10.3 Å². The van der Waals surface area contributed by atoms with Crippen molar-refractivity contribution in [2.24, 2.45) is 0 Å². The van der Waals surface area contributed by atoms with Crippen LogP contribution < -0.4 is 4.31 Å². The third-order valence-electron chi connectivity index (χ3n) is 1.95. The van der Waals surface area contributed by atoms with Crippen LogP contribution in [0, 0.1) is 0 Å². The summed E-state index contributed by atoms with van der Waals surface area (Å²) in [5.41, 5.74) is -0.340. The van der Waals surface area contributed by atoms with Gasteiger partial charge in [-0.3, -0.25) is 4.55 Å². The normalized spacial score (nSPS) is 11.6. The van der Waals surface area contributed by atoms with Gasteiger partial charge < -0.3 is 5.11 Å². The van der Waals surface area contributed by atoms with Gasteiger partial charge in [0.05, 0.1) is 5.02 Å². The van der Waals surface area contributed by atoms with Crippen molar-refractivity contribution in [3.8, 4) is 0 Å². The van der Waals surface area contributed by atoms with Crippen LogP contribution >= 0.6 is 45.9 Å². The highest BCUT2D eigenvalue weighted by Gasteiger charge is 2.28. The first-order chi connectivity index (χ1) is 9.20. The molecular formula is C8H4Cl2N2O5S3. The monoisotopic (exact) mass is 374 g/mol. The van der Waals surface area contributed by atoms with E-state index in [4.69, 9.17) is 28.3 Å². The molecule has 0 aliphatic carbocycles. The summed E-state index contributed by atoms with van der Waals surface area (Å²) >= 11 is 13.0. The molecule has 0 bridgehead atoms. The molecule has 108 valence electrons. The van der Waals surface area contributed by atoms with Crippen LogP contribution in [0.5, 0.6) is 0 Å². The maximum absolute atomic E-state index is 11.5. The minimum absolute atomic E-state index is 0.00575. The lowest BCUT2D eigenvalue weighted by Gasteiger charge is -2.14. The largest absolute Gasteiger partial charge is 0.476 e. The molecule has 2 aromatic rings. The quantitative estimate of drug-likeness (QED) is 0.795. The van der Waals surface area contributed by atoms with E-state index in [9.17, 15) is 17.8 Å². The third kappa shape index (κ3) is 3.05. The molecule has 2 rings (SSSR count). The van der Waals surface area contributed by atoms with E-state index in [0.717, 1.165) is 28.1 Å². The highest BCUT2D eigenvalue weighted by molar-refractivity contribution is 7.88. The Labute approximate surface area is 130 Å².